The van der Waals surface area contributed by atoms with Crippen molar-refractivity contribution in [3.8, 4) is 5.75 Å². The first-order chi connectivity index (χ1) is 15.0. The second-order valence-electron chi connectivity index (χ2n) is 7.97. The summed E-state index contributed by atoms with van der Waals surface area (Å²) >= 11 is 0. The van der Waals surface area contributed by atoms with Gasteiger partial charge in [-0.05, 0) is 61.7 Å². The summed E-state index contributed by atoms with van der Waals surface area (Å²) in [4.78, 5) is 31.5. The third-order valence-corrected chi connectivity index (χ3v) is 5.52. The number of hydrogen-bond acceptors (Lipinski definition) is 6. The van der Waals surface area contributed by atoms with Gasteiger partial charge in [0.1, 0.15) is 11.5 Å². The maximum atomic E-state index is 13.0. The van der Waals surface area contributed by atoms with Gasteiger partial charge in [0.05, 0.1) is 24.3 Å². The molecule has 1 aromatic heterocycles. The highest BCUT2D eigenvalue weighted by Gasteiger charge is 2.45. The molecule has 1 amide bonds. The summed E-state index contributed by atoms with van der Waals surface area (Å²) in [7, 11) is 0. The normalized spacial score (nSPS) is 19.7. The molecule has 3 heterocycles. The molecule has 0 bridgehead atoms. The van der Waals surface area contributed by atoms with E-state index in [0.717, 1.165) is 23.3 Å². The number of fused-ring (bicyclic) bond motifs is 1. The first-order valence-electron chi connectivity index (χ1n) is 10.5. The number of pyridine rings is 1. The molecule has 2 aliphatic heterocycles. The van der Waals surface area contributed by atoms with Crippen molar-refractivity contribution in [3.05, 3.63) is 65.0 Å². The maximum Gasteiger partial charge on any atom is 0.295 e. The Labute approximate surface area is 181 Å². The van der Waals surface area contributed by atoms with Crippen molar-refractivity contribution in [1.82, 2.24) is 9.88 Å². The van der Waals surface area contributed by atoms with Crippen LogP contribution in [0.4, 0.5) is 0 Å². The van der Waals surface area contributed by atoms with Gasteiger partial charge in [0, 0.05) is 37.5 Å². The Hall–Kier alpha value is -3.19. The molecule has 0 radical (unpaired) electrons. The Kier molecular flexibility index (Phi) is 6.04. The van der Waals surface area contributed by atoms with Gasteiger partial charge in [-0.2, -0.15) is 0 Å². The summed E-state index contributed by atoms with van der Waals surface area (Å²) in [6, 6.07) is 8.18. The number of aromatic nitrogens is 1. The standard InChI is InChI=1S/C24H26N2O5/c1-15(2)30-12-3-11-26-21(16-6-9-25-10-7-16)20(23(28)24(26)29)22(27)18-4-5-19-17(14-18)8-13-31-19/h4-7,9-10,14-15,21,27H,3,8,11-13H2,1-2H3/b22-20-. The van der Waals surface area contributed by atoms with Crippen LogP contribution in [0, 0.1) is 0 Å². The fraction of sp³-hybridized carbons (Fsp3) is 0.375. The second-order valence-corrected chi connectivity index (χ2v) is 7.97. The van der Waals surface area contributed by atoms with E-state index >= 15 is 0 Å². The van der Waals surface area contributed by atoms with Crippen LogP contribution in [0.5, 0.6) is 5.75 Å². The Morgan fingerprint density at radius 3 is 2.77 bits per heavy atom. The lowest BCUT2D eigenvalue weighted by Crippen LogP contribution is -2.31. The van der Waals surface area contributed by atoms with E-state index in [1.54, 1.807) is 36.7 Å². The number of carbonyl (C=O) groups is 2. The highest BCUT2D eigenvalue weighted by atomic mass is 16.5. The molecule has 2 aliphatic rings. The van der Waals surface area contributed by atoms with E-state index in [1.807, 2.05) is 19.9 Å². The number of aliphatic hydroxyl groups is 1. The van der Waals surface area contributed by atoms with Crippen molar-refractivity contribution in [2.24, 2.45) is 0 Å². The Morgan fingerprint density at radius 1 is 1.26 bits per heavy atom. The monoisotopic (exact) mass is 422 g/mol. The molecular formula is C24H26N2O5. The largest absolute Gasteiger partial charge is 0.507 e. The molecule has 7 nitrogen and oxygen atoms in total. The third kappa shape index (κ3) is 4.18. The van der Waals surface area contributed by atoms with Crippen molar-refractivity contribution in [1.29, 1.82) is 0 Å². The number of ether oxygens (including phenoxy) is 2. The lowest BCUT2D eigenvalue weighted by atomic mass is 9.95. The van der Waals surface area contributed by atoms with Gasteiger partial charge in [-0.15, -0.1) is 0 Å². The summed E-state index contributed by atoms with van der Waals surface area (Å²) in [5, 5.41) is 11.1. The number of ketones is 1. The number of amides is 1. The molecule has 162 valence electrons. The van der Waals surface area contributed by atoms with Gasteiger partial charge < -0.3 is 19.5 Å². The predicted molar refractivity (Wildman–Crippen MR) is 115 cm³/mol. The molecule has 1 saturated heterocycles. The van der Waals surface area contributed by atoms with E-state index in [-0.39, 0.29) is 17.4 Å². The van der Waals surface area contributed by atoms with Crippen molar-refractivity contribution < 1.29 is 24.2 Å². The van der Waals surface area contributed by atoms with Gasteiger partial charge in [-0.3, -0.25) is 14.6 Å². The first-order valence-corrected chi connectivity index (χ1v) is 10.5. The van der Waals surface area contributed by atoms with Crippen LogP contribution in [0.3, 0.4) is 0 Å². The van der Waals surface area contributed by atoms with Crippen LogP contribution in [-0.2, 0) is 20.7 Å². The zero-order chi connectivity index (χ0) is 22.0. The SMILES string of the molecule is CC(C)OCCCN1C(=O)C(=O)/C(=C(\O)c2ccc3c(c2)CCO3)C1c1ccncc1. The molecular weight excluding hydrogens is 396 g/mol. The van der Waals surface area contributed by atoms with E-state index < -0.39 is 17.7 Å². The lowest BCUT2D eigenvalue weighted by Gasteiger charge is -2.25. The molecule has 4 rings (SSSR count). The third-order valence-electron chi connectivity index (χ3n) is 5.52. The molecule has 31 heavy (non-hydrogen) atoms. The van der Waals surface area contributed by atoms with E-state index in [9.17, 15) is 14.7 Å². The fourth-order valence-corrected chi connectivity index (χ4v) is 4.05. The molecule has 1 N–H and O–H groups in total. The quantitative estimate of drug-likeness (QED) is 0.319. The molecule has 0 spiro atoms. The summed E-state index contributed by atoms with van der Waals surface area (Å²) < 4.78 is 11.1. The van der Waals surface area contributed by atoms with Crippen LogP contribution in [-0.4, -0.2) is 52.5 Å². The number of Topliss-reactive ketones (excluding diaryl/α,β-unsaturated/α-hetero) is 1. The average molecular weight is 422 g/mol. The number of hydrogen-bond donors (Lipinski definition) is 1. The van der Waals surface area contributed by atoms with Gasteiger partial charge in [0.15, 0.2) is 0 Å². The molecule has 1 unspecified atom stereocenters. The number of rotatable bonds is 7. The lowest BCUT2D eigenvalue weighted by molar-refractivity contribution is -0.140. The van der Waals surface area contributed by atoms with Crippen LogP contribution >= 0.6 is 0 Å². The van der Waals surface area contributed by atoms with Crippen molar-refractivity contribution in [2.75, 3.05) is 19.8 Å². The van der Waals surface area contributed by atoms with Gasteiger partial charge in [-0.1, -0.05) is 0 Å². The highest BCUT2D eigenvalue weighted by Crippen LogP contribution is 2.40. The average Bonchev–Trinajstić information content (AvgIpc) is 3.34. The molecule has 2 aromatic rings. The van der Waals surface area contributed by atoms with Crippen molar-refractivity contribution >= 4 is 17.4 Å². The number of nitrogens with zero attached hydrogens (tertiary/aromatic N) is 2. The predicted octanol–water partition coefficient (Wildman–Crippen LogP) is 3.25. The summed E-state index contributed by atoms with van der Waals surface area (Å²) in [5.41, 5.74) is 2.30. The zero-order valence-electron chi connectivity index (χ0n) is 17.7. The van der Waals surface area contributed by atoms with Gasteiger partial charge in [-0.25, -0.2) is 0 Å². The molecule has 1 fully saturated rings. The molecule has 1 aromatic carbocycles. The van der Waals surface area contributed by atoms with Gasteiger partial charge in [0.25, 0.3) is 11.7 Å². The van der Waals surface area contributed by atoms with Crippen molar-refractivity contribution in [3.63, 3.8) is 0 Å². The van der Waals surface area contributed by atoms with Crippen LogP contribution in [0.1, 0.15) is 43.0 Å². The Bertz CT molecular complexity index is 1020. The Balaban J connectivity index is 1.72. The van der Waals surface area contributed by atoms with Gasteiger partial charge >= 0.3 is 0 Å². The van der Waals surface area contributed by atoms with E-state index in [0.29, 0.717) is 31.7 Å². The maximum absolute atomic E-state index is 13.0. The summed E-state index contributed by atoms with van der Waals surface area (Å²) in [6.45, 7) is 5.32. The second kappa shape index (κ2) is 8.89. The minimum atomic E-state index is -0.680. The summed E-state index contributed by atoms with van der Waals surface area (Å²) in [6.07, 6.45) is 4.65. The van der Waals surface area contributed by atoms with Gasteiger partial charge in [0.2, 0.25) is 0 Å². The number of aliphatic hydroxyl groups excluding tert-OH is 1. The summed E-state index contributed by atoms with van der Waals surface area (Å²) in [5.74, 6) is -0.679. The molecule has 0 aliphatic carbocycles. The van der Waals surface area contributed by atoms with Crippen LogP contribution in [0.2, 0.25) is 0 Å². The Morgan fingerprint density at radius 2 is 2.03 bits per heavy atom. The van der Waals surface area contributed by atoms with Crippen LogP contribution in [0.25, 0.3) is 5.76 Å². The smallest absolute Gasteiger partial charge is 0.295 e. The van der Waals surface area contributed by atoms with Crippen LogP contribution in [0.15, 0.2) is 48.3 Å². The highest BCUT2D eigenvalue weighted by molar-refractivity contribution is 6.46. The van der Waals surface area contributed by atoms with E-state index in [1.165, 1.54) is 4.90 Å². The van der Waals surface area contributed by atoms with E-state index in [2.05, 4.69) is 4.98 Å². The number of likely N-dealkylation sites (tertiary alicyclic amines) is 1. The first kappa shape index (κ1) is 21.1. The van der Waals surface area contributed by atoms with Crippen LogP contribution < -0.4 is 4.74 Å². The fourth-order valence-electron chi connectivity index (χ4n) is 4.05. The molecule has 0 saturated carbocycles. The topological polar surface area (TPSA) is 89.0 Å². The van der Waals surface area contributed by atoms with Crippen molar-refractivity contribution in [2.45, 2.75) is 38.8 Å². The number of carbonyl (C=O) groups excluding carboxylic acids is 2. The minimum absolute atomic E-state index is 0.0928. The molecule has 7 heteroatoms. The molecule has 1 atom stereocenters. The zero-order valence-corrected chi connectivity index (χ0v) is 17.7. The van der Waals surface area contributed by atoms with E-state index in [4.69, 9.17) is 9.47 Å². The number of benzene rings is 1. The minimum Gasteiger partial charge on any atom is -0.507 e.